The van der Waals surface area contributed by atoms with Crippen molar-refractivity contribution >= 4 is 29.1 Å². The maximum Gasteiger partial charge on any atom is 0.418 e. The van der Waals surface area contributed by atoms with E-state index in [-0.39, 0.29) is 25.3 Å². The minimum atomic E-state index is -4.91. The minimum Gasteiger partial charge on any atom is -0.478 e. The van der Waals surface area contributed by atoms with E-state index >= 15 is 0 Å². The van der Waals surface area contributed by atoms with Crippen molar-refractivity contribution in [1.82, 2.24) is 10.6 Å². The van der Waals surface area contributed by atoms with E-state index in [2.05, 4.69) is 10.6 Å². The summed E-state index contributed by atoms with van der Waals surface area (Å²) in [6, 6.07) is 10.1. The molecule has 1 atom stereocenters. The third kappa shape index (κ3) is 8.51. The number of allylic oxidation sites excluding steroid dienone is 1. The molecule has 2 rings (SSSR count). The molecule has 6 nitrogen and oxygen atoms in total. The molecule has 0 aliphatic heterocycles. The van der Waals surface area contributed by atoms with E-state index < -0.39 is 46.6 Å². The lowest BCUT2D eigenvalue weighted by atomic mass is 10.00. The molecule has 2 aromatic carbocycles. The van der Waals surface area contributed by atoms with Crippen LogP contribution in [-0.2, 0) is 22.3 Å². The second kappa shape index (κ2) is 12.3. The van der Waals surface area contributed by atoms with Crippen LogP contribution in [0.25, 0.3) is 0 Å². The van der Waals surface area contributed by atoms with Crippen molar-refractivity contribution in [2.24, 2.45) is 0 Å². The molecular formula is C25H24ClF6N3O3. The minimum absolute atomic E-state index is 0.0369. The van der Waals surface area contributed by atoms with Crippen molar-refractivity contribution in [1.29, 1.82) is 5.41 Å². The van der Waals surface area contributed by atoms with Crippen molar-refractivity contribution in [2.45, 2.75) is 44.8 Å². The Morgan fingerprint density at radius 1 is 0.974 bits per heavy atom. The molecular weight excluding hydrogens is 540 g/mol. The van der Waals surface area contributed by atoms with Crippen LogP contribution in [0.15, 0.2) is 60.2 Å². The van der Waals surface area contributed by atoms with Crippen LogP contribution in [0.1, 0.15) is 31.4 Å². The van der Waals surface area contributed by atoms with Gasteiger partial charge in [-0.1, -0.05) is 29.8 Å². The summed E-state index contributed by atoms with van der Waals surface area (Å²) in [6.07, 6.45) is -9.21. The number of rotatable bonds is 10. The molecule has 2 amide bonds. The molecule has 0 heterocycles. The molecule has 0 aliphatic rings. The zero-order valence-corrected chi connectivity index (χ0v) is 20.9. The van der Waals surface area contributed by atoms with Crippen molar-refractivity contribution in [2.75, 3.05) is 6.54 Å². The predicted octanol–water partition coefficient (Wildman–Crippen LogP) is 5.85. The lowest BCUT2D eigenvalue weighted by Crippen LogP contribution is -2.51. The fraction of sp³-hybridized carbons (Fsp3) is 0.320. The maximum absolute atomic E-state index is 13.1. The zero-order chi connectivity index (χ0) is 28.7. The summed E-state index contributed by atoms with van der Waals surface area (Å²) in [4.78, 5) is 25.2. The fourth-order valence-corrected chi connectivity index (χ4v) is 3.36. The summed E-state index contributed by atoms with van der Waals surface area (Å²) in [5.41, 5.74) is -4.77. The van der Waals surface area contributed by atoms with Gasteiger partial charge >= 0.3 is 12.4 Å². The number of alkyl halides is 6. The number of hydrogen-bond acceptors (Lipinski definition) is 4. The van der Waals surface area contributed by atoms with E-state index in [4.69, 9.17) is 21.7 Å². The number of benzene rings is 2. The first kappa shape index (κ1) is 30.7. The average Bonchev–Trinajstić information content (AvgIpc) is 2.82. The van der Waals surface area contributed by atoms with Gasteiger partial charge in [0.05, 0.1) is 11.1 Å². The van der Waals surface area contributed by atoms with Crippen LogP contribution in [0.3, 0.4) is 0 Å². The summed E-state index contributed by atoms with van der Waals surface area (Å²) >= 11 is 5.84. The Kier molecular flexibility index (Phi) is 9.96. The molecule has 0 saturated carbocycles. The molecule has 0 saturated heterocycles. The standard InChI is InChI=1S/C25H24ClF6N3O3/c1-3-19(25(30,31)32)20(33)21(36)34-13-12-23(2,22(37)35-14-15-4-8-17(26)9-5-15)38-18-10-6-16(7-11-18)24(27,28)29/h3-11,33H,12-14H2,1-2H3,(H,34,36)(H,35,37)/b19-3+,33-20?. The number of hydrogen-bond donors (Lipinski definition) is 3. The van der Waals surface area contributed by atoms with Gasteiger partial charge in [0.15, 0.2) is 5.60 Å². The highest BCUT2D eigenvalue weighted by molar-refractivity contribution is 6.44. The van der Waals surface area contributed by atoms with Gasteiger partial charge in [0.2, 0.25) is 0 Å². The molecule has 38 heavy (non-hydrogen) atoms. The molecule has 0 bridgehead atoms. The first-order valence-electron chi connectivity index (χ1n) is 11.1. The Labute approximate surface area is 219 Å². The molecule has 3 N–H and O–H groups in total. The Morgan fingerprint density at radius 2 is 1.55 bits per heavy atom. The van der Waals surface area contributed by atoms with Crippen molar-refractivity contribution < 1.29 is 40.7 Å². The highest BCUT2D eigenvalue weighted by Gasteiger charge is 2.39. The number of carbonyl (C=O) groups excluding carboxylic acids is 2. The largest absolute Gasteiger partial charge is 0.478 e. The van der Waals surface area contributed by atoms with Gasteiger partial charge in [-0.05, 0) is 55.8 Å². The smallest absolute Gasteiger partial charge is 0.418 e. The lowest BCUT2D eigenvalue weighted by molar-refractivity contribution is -0.138. The first-order valence-corrected chi connectivity index (χ1v) is 11.4. The van der Waals surface area contributed by atoms with Crippen LogP contribution < -0.4 is 15.4 Å². The van der Waals surface area contributed by atoms with Gasteiger partial charge in [0, 0.05) is 24.5 Å². The van der Waals surface area contributed by atoms with Crippen molar-refractivity contribution in [3.05, 3.63) is 76.3 Å². The third-order valence-corrected chi connectivity index (χ3v) is 5.60. The summed E-state index contributed by atoms with van der Waals surface area (Å²) in [5, 5.41) is 12.8. The number of ether oxygens (including phenoxy) is 1. The van der Waals surface area contributed by atoms with Gasteiger partial charge in [0.1, 0.15) is 11.5 Å². The highest BCUT2D eigenvalue weighted by atomic mass is 35.5. The van der Waals surface area contributed by atoms with E-state index in [9.17, 15) is 35.9 Å². The summed E-state index contributed by atoms with van der Waals surface area (Å²) in [5.74, 6) is -2.12. The number of amides is 2. The van der Waals surface area contributed by atoms with Gasteiger partial charge in [-0.25, -0.2) is 0 Å². The Bertz CT molecular complexity index is 1180. The predicted molar refractivity (Wildman–Crippen MR) is 129 cm³/mol. The van der Waals surface area contributed by atoms with E-state index in [1.807, 2.05) is 0 Å². The quantitative estimate of drug-likeness (QED) is 0.250. The van der Waals surface area contributed by atoms with Crippen molar-refractivity contribution in [3.8, 4) is 5.75 Å². The van der Waals surface area contributed by atoms with Crippen LogP contribution in [0, 0.1) is 5.41 Å². The van der Waals surface area contributed by atoms with E-state index in [0.717, 1.165) is 31.2 Å². The molecule has 0 fully saturated rings. The Balaban J connectivity index is 2.18. The molecule has 2 aromatic rings. The SMILES string of the molecule is C/C=C(\C(=N)C(=O)NCCC(C)(Oc1ccc(C(F)(F)F)cc1)C(=O)NCc1ccc(Cl)cc1)C(F)(F)F. The summed E-state index contributed by atoms with van der Waals surface area (Å²) < 4.78 is 83.4. The summed E-state index contributed by atoms with van der Waals surface area (Å²) in [7, 11) is 0. The monoisotopic (exact) mass is 563 g/mol. The van der Waals surface area contributed by atoms with E-state index in [1.54, 1.807) is 24.3 Å². The number of carbonyl (C=O) groups is 2. The molecule has 1 unspecified atom stereocenters. The van der Waals surface area contributed by atoms with Gasteiger partial charge in [-0.3, -0.25) is 15.0 Å². The third-order valence-electron chi connectivity index (χ3n) is 5.35. The molecule has 206 valence electrons. The van der Waals surface area contributed by atoms with Gasteiger partial charge in [-0.15, -0.1) is 0 Å². The fourth-order valence-electron chi connectivity index (χ4n) is 3.23. The molecule has 13 heteroatoms. The van der Waals surface area contributed by atoms with Gasteiger partial charge in [-0.2, -0.15) is 26.3 Å². The van der Waals surface area contributed by atoms with Crippen molar-refractivity contribution in [3.63, 3.8) is 0 Å². The van der Waals surface area contributed by atoms with E-state index in [0.29, 0.717) is 16.7 Å². The summed E-state index contributed by atoms with van der Waals surface area (Å²) in [6.45, 7) is 1.99. The topological polar surface area (TPSA) is 91.3 Å². The van der Waals surface area contributed by atoms with Crippen LogP contribution in [0.2, 0.25) is 5.02 Å². The van der Waals surface area contributed by atoms with Crippen LogP contribution >= 0.6 is 11.6 Å². The lowest BCUT2D eigenvalue weighted by Gasteiger charge is -2.30. The normalized spacial score (nSPS) is 13.9. The van der Waals surface area contributed by atoms with Gasteiger partial charge < -0.3 is 15.4 Å². The average molecular weight is 564 g/mol. The van der Waals surface area contributed by atoms with Crippen LogP contribution in [0.5, 0.6) is 5.75 Å². The second-order valence-corrected chi connectivity index (χ2v) is 8.68. The number of nitrogens with one attached hydrogen (secondary N) is 3. The Morgan fingerprint density at radius 3 is 2.05 bits per heavy atom. The van der Waals surface area contributed by atoms with Crippen LogP contribution in [0.4, 0.5) is 26.3 Å². The first-order chi connectivity index (χ1) is 17.6. The maximum atomic E-state index is 13.1. The number of halogens is 7. The van der Waals surface area contributed by atoms with Gasteiger partial charge in [0.25, 0.3) is 11.8 Å². The second-order valence-electron chi connectivity index (χ2n) is 8.25. The Hall–Kier alpha value is -3.54. The highest BCUT2D eigenvalue weighted by Crippen LogP contribution is 2.31. The van der Waals surface area contributed by atoms with E-state index in [1.165, 1.54) is 6.92 Å². The zero-order valence-electron chi connectivity index (χ0n) is 20.2. The molecule has 0 aromatic heterocycles. The van der Waals surface area contributed by atoms with Crippen LogP contribution in [-0.4, -0.2) is 35.8 Å². The molecule has 0 radical (unpaired) electrons. The molecule has 0 spiro atoms. The molecule has 0 aliphatic carbocycles.